The highest BCUT2D eigenvalue weighted by Gasteiger charge is 2.20. The lowest BCUT2D eigenvalue weighted by Crippen LogP contribution is -2.48. The van der Waals surface area contributed by atoms with Crippen molar-refractivity contribution in [1.29, 1.82) is 0 Å². The minimum Gasteiger partial charge on any atom is -0.356 e. The van der Waals surface area contributed by atoms with Crippen LogP contribution in [-0.4, -0.2) is 53.0 Å². The summed E-state index contributed by atoms with van der Waals surface area (Å²) in [5, 5.41) is 6.98. The van der Waals surface area contributed by atoms with E-state index in [9.17, 15) is 4.39 Å². The first-order chi connectivity index (χ1) is 15.1. The first kappa shape index (κ1) is 24.4. The fraction of sp³-hybridized carbons (Fsp3) is 0.417. The van der Waals surface area contributed by atoms with Gasteiger partial charge in [0.15, 0.2) is 5.96 Å². The molecule has 2 N–H and O–H groups in total. The number of aromatic nitrogens is 2. The topological polar surface area (TPSA) is 57.0 Å². The van der Waals surface area contributed by atoms with E-state index in [1.165, 1.54) is 17.7 Å². The zero-order valence-corrected chi connectivity index (χ0v) is 21.1. The summed E-state index contributed by atoms with van der Waals surface area (Å²) in [5.41, 5.74) is 4.44. The van der Waals surface area contributed by atoms with Crippen LogP contribution in [0.25, 0.3) is 5.65 Å². The summed E-state index contributed by atoms with van der Waals surface area (Å²) in [4.78, 5) is 11.5. The molecule has 8 heteroatoms. The number of guanidine groups is 1. The Morgan fingerprint density at radius 3 is 2.62 bits per heavy atom. The van der Waals surface area contributed by atoms with Gasteiger partial charge in [-0.1, -0.05) is 18.2 Å². The molecule has 0 radical (unpaired) electrons. The number of nitrogens with zero attached hydrogens (tertiary/aromatic N) is 4. The molecule has 6 nitrogen and oxygen atoms in total. The van der Waals surface area contributed by atoms with E-state index in [0.29, 0.717) is 6.04 Å². The van der Waals surface area contributed by atoms with Crippen LogP contribution in [0.15, 0.2) is 53.8 Å². The molecule has 4 rings (SSSR count). The Morgan fingerprint density at radius 1 is 1.19 bits per heavy atom. The van der Waals surface area contributed by atoms with Gasteiger partial charge in [0.05, 0.1) is 5.69 Å². The van der Waals surface area contributed by atoms with Gasteiger partial charge in [-0.05, 0) is 49.1 Å². The number of likely N-dealkylation sites (tertiary alicyclic amines) is 1. The maximum atomic E-state index is 13.1. The van der Waals surface area contributed by atoms with Crippen molar-refractivity contribution in [3.8, 4) is 0 Å². The second kappa shape index (κ2) is 11.6. The molecule has 0 saturated carbocycles. The number of nitrogens with one attached hydrogen (secondary N) is 2. The number of rotatable bonds is 6. The van der Waals surface area contributed by atoms with Gasteiger partial charge in [0, 0.05) is 58.1 Å². The van der Waals surface area contributed by atoms with E-state index in [1.807, 2.05) is 31.4 Å². The second-order valence-electron chi connectivity index (χ2n) is 8.22. The lowest BCUT2D eigenvalue weighted by Gasteiger charge is -2.33. The van der Waals surface area contributed by atoms with Crippen LogP contribution in [0, 0.1) is 12.7 Å². The number of hydrogen-bond acceptors (Lipinski definition) is 3. The molecule has 1 fully saturated rings. The Labute approximate surface area is 206 Å². The fourth-order valence-electron chi connectivity index (χ4n) is 4.11. The van der Waals surface area contributed by atoms with Crippen molar-refractivity contribution in [3.63, 3.8) is 0 Å². The number of benzene rings is 1. The van der Waals surface area contributed by atoms with Crippen molar-refractivity contribution in [2.75, 3.05) is 26.7 Å². The number of halogens is 2. The molecule has 3 aromatic rings. The van der Waals surface area contributed by atoms with E-state index in [2.05, 4.69) is 44.1 Å². The molecular weight excluding hydrogens is 518 g/mol. The molecule has 0 atom stereocenters. The minimum absolute atomic E-state index is 0. The molecule has 3 heterocycles. The minimum atomic E-state index is -0.179. The molecule has 0 amide bonds. The fourth-order valence-corrected chi connectivity index (χ4v) is 4.11. The van der Waals surface area contributed by atoms with Crippen LogP contribution in [0.5, 0.6) is 0 Å². The van der Waals surface area contributed by atoms with Gasteiger partial charge in [0.25, 0.3) is 0 Å². The van der Waals surface area contributed by atoms with Crippen LogP contribution in [0.3, 0.4) is 0 Å². The van der Waals surface area contributed by atoms with Crippen molar-refractivity contribution in [2.24, 2.45) is 4.99 Å². The standard InChI is InChI=1S/C24H31FN6.HI/c1-18-4-3-13-31-17-22(28-23(18)31)9-12-27-24(26-2)29-21-10-14-30(15-11-21)16-19-5-7-20(25)8-6-19;/h3-8,13,17,21H,9-12,14-16H2,1-2H3,(H2,26,27,29);1H. The van der Waals surface area contributed by atoms with Crippen LogP contribution in [-0.2, 0) is 13.0 Å². The van der Waals surface area contributed by atoms with E-state index in [1.54, 1.807) is 0 Å². The average molecular weight is 550 g/mol. The highest BCUT2D eigenvalue weighted by Crippen LogP contribution is 2.14. The zero-order valence-electron chi connectivity index (χ0n) is 18.7. The van der Waals surface area contributed by atoms with Crippen LogP contribution < -0.4 is 10.6 Å². The number of imidazole rings is 1. The predicted molar refractivity (Wildman–Crippen MR) is 138 cm³/mol. The SMILES string of the molecule is CN=C(NCCc1cn2cccc(C)c2n1)NC1CCN(Cc2ccc(F)cc2)CC1.I. The lowest BCUT2D eigenvalue weighted by atomic mass is 10.0. The number of fused-ring (bicyclic) bond motifs is 1. The average Bonchev–Trinajstić information content (AvgIpc) is 3.20. The predicted octanol–water partition coefficient (Wildman–Crippen LogP) is 3.77. The van der Waals surface area contributed by atoms with Crippen LogP contribution in [0.4, 0.5) is 4.39 Å². The third kappa shape index (κ3) is 6.41. The molecular formula is C24H32FIN6. The largest absolute Gasteiger partial charge is 0.356 e. The maximum absolute atomic E-state index is 13.1. The highest BCUT2D eigenvalue weighted by molar-refractivity contribution is 14.0. The Morgan fingerprint density at radius 2 is 1.94 bits per heavy atom. The summed E-state index contributed by atoms with van der Waals surface area (Å²) in [6.45, 7) is 5.78. The molecule has 2 aromatic heterocycles. The Kier molecular flexibility index (Phi) is 8.86. The van der Waals surface area contributed by atoms with Crippen molar-refractivity contribution >= 4 is 35.6 Å². The van der Waals surface area contributed by atoms with Crippen LogP contribution in [0.1, 0.15) is 29.7 Å². The van der Waals surface area contributed by atoms with Crippen LogP contribution in [0.2, 0.25) is 0 Å². The summed E-state index contributed by atoms with van der Waals surface area (Å²) in [6.07, 6.45) is 7.10. The number of aliphatic imine (C=N–C) groups is 1. The van der Waals surface area contributed by atoms with E-state index in [0.717, 1.165) is 68.3 Å². The molecule has 0 unspecified atom stereocenters. The van der Waals surface area contributed by atoms with Crippen molar-refractivity contribution < 1.29 is 4.39 Å². The second-order valence-corrected chi connectivity index (χ2v) is 8.22. The van der Waals surface area contributed by atoms with E-state index in [-0.39, 0.29) is 29.8 Å². The molecule has 32 heavy (non-hydrogen) atoms. The van der Waals surface area contributed by atoms with Crippen molar-refractivity contribution in [1.82, 2.24) is 24.9 Å². The van der Waals surface area contributed by atoms with E-state index >= 15 is 0 Å². The first-order valence-corrected chi connectivity index (χ1v) is 11.0. The van der Waals surface area contributed by atoms with Gasteiger partial charge in [0.1, 0.15) is 11.5 Å². The highest BCUT2D eigenvalue weighted by atomic mass is 127. The molecule has 1 aromatic carbocycles. The van der Waals surface area contributed by atoms with Crippen LogP contribution >= 0.6 is 24.0 Å². The number of hydrogen-bond donors (Lipinski definition) is 2. The molecule has 172 valence electrons. The van der Waals surface area contributed by atoms with Gasteiger partial charge < -0.3 is 15.0 Å². The maximum Gasteiger partial charge on any atom is 0.191 e. The smallest absolute Gasteiger partial charge is 0.191 e. The van der Waals surface area contributed by atoms with Crippen molar-refractivity contribution in [2.45, 2.75) is 38.8 Å². The number of aryl methyl sites for hydroxylation is 1. The lowest BCUT2D eigenvalue weighted by molar-refractivity contribution is 0.198. The van der Waals surface area contributed by atoms with Gasteiger partial charge >= 0.3 is 0 Å². The summed E-state index contributed by atoms with van der Waals surface area (Å²) in [6, 6.07) is 11.4. The number of piperidine rings is 1. The molecule has 0 bridgehead atoms. The van der Waals surface area contributed by atoms with Gasteiger partial charge in [-0.3, -0.25) is 9.89 Å². The summed E-state index contributed by atoms with van der Waals surface area (Å²) >= 11 is 0. The Balaban J connectivity index is 0.00000289. The van der Waals surface area contributed by atoms with Gasteiger partial charge in [-0.15, -0.1) is 24.0 Å². The third-order valence-electron chi connectivity index (χ3n) is 5.87. The first-order valence-electron chi connectivity index (χ1n) is 11.0. The monoisotopic (exact) mass is 550 g/mol. The Hall–Kier alpha value is -2.20. The van der Waals surface area contributed by atoms with Gasteiger partial charge in [-0.25, -0.2) is 9.37 Å². The zero-order chi connectivity index (χ0) is 21.6. The van der Waals surface area contributed by atoms with Gasteiger partial charge in [0.2, 0.25) is 0 Å². The third-order valence-corrected chi connectivity index (χ3v) is 5.87. The molecule has 0 aliphatic carbocycles. The summed E-state index contributed by atoms with van der Waals surface area (Å²) in [5.74, 6) is 0.666. The van der Waals surface area contributed by atoms with Gasteiger partial charge in [-0.2, -0.15) is 0 Å². The van der Waals surface area contributed by atoms with Crippen molar-refractivity contribution in [3.05, 3.63) is 71.4 Å². The number of pyridine rings is 1. The summed E-state index contributed by atoms with van der Waals surface area (Å²) in [7, 11) is 1.81. The normalized spacial score (nSPS) is 15.5. The van der Waals surface area contributed by atoms with E-state index in [4.69, 9.17) is 4.98 Å². The Bertz CT molecular complexity index is 1020. The molecule has 1 aliphatic rings. The van der Waals surface area contributed by atoms with E-state index < -0.39 is 0 Å². The summed E-state index contributed by atoms with van der Waals surface area (Å²) < 4.78 is 15.2. The quantitative estimate of drug-likeness (QED) is 0.279. The molecule has 0 spiro atoms. The molecule has 1 saturated heterocycles. The molecule has 1 aliphatic heterocycles.